The third-order valence-corrected chi connectivity index (χ3v) is 4.94. The van der Waals surface area contributed by atoms with E-state index in [0.29, 0.717) is 31.2 Å². The Labute approximate surface area is 136 Å². The molecule has 7 heteroatoms. The van der Waals surface area contributed by atoms with E-state index < -0.39 is 0 Å². The third-order valence-electron chi connectivity index (χ3n) is 4.94. The van der Waals surface area contributed by atoms with Crippen LogP contribution in [0, 0.1) is 5.41 Å². The van der Waals surface area contributed by atoms with Gasteiger partial charge in [0.1, 0.15) is 5.82 Å². The molecule has 1 spiro atoms. The van der Waals surface area contributed by atoms with Crippen molar-refractivity contribution < 1.29 is 9.90 Å². The van der Waals surface area contributed by atoms with Gasteiger partial charge in [-0.05, 0) is 31.7 Å². The Balaban J connectivity index is 1.72. The minimum atomic E-state index is 0.107. The van der Waals surface area contributed by atoms with Crippen LogP contribution < -0.4 is 10.6 Å². The van der Waals surface area contributed by atoms with Gasteiger partial charge in [0, 0.05) is 50.8 Å². The fraction of sp³-hybridized carbons (Fsp3) is 0.688. The van der Waals surface area contributed by atoms with E-state index in [1.54, 1.807) is 12.3 Å². The molecule has 0 aliphatic carbocycles. The molecule has 1 atom stereocenters. The number of anilines is 2. The predicted octanol–water partition coefficient (Wildman–Crippen LogP) is 0.650. The lowest BCUT2D eigenvalue weighted by atomic mass is 9.73. The third kappa shape index (κ3) is 3.55. The van der Waals surface area contributed by atoms with Crippen LogP contribution in [-0.4, -0.2) is 58.7 Å². The smallest absolute Gasteiger partial charge is 0.227 e. The van der Waals surface area contributed by atoms with E-state index in [9.17, 15) is 4.79 Å². The van der Waals surface area contributed by atoms with Crippen molar-refractivity contribution in [3.8, 4) is 0 Å². The van der Waals surface area contributed by atoms with E-state index in [0.717, 1.165) is 38.9 Å². The van der Waals surface area contributed by atoms with Crippen molar-refractivity contribution in [1.29, 1.82) is 0 Å². The Hall–Kier alpha value is -1.89. The van der Waals surface area contributed by atoms with Gasteiger partial charge >= 0.3 is 0 Å². The molecule has 2 saturated heterocycles. The second-order valence-electron chi connectivity index (χ2n) is 6.70. The van der Waals surface area contributed by atoms with E-state index in [1.807, 2.05) is 4.90 Å². The number of hydrogen-bond donors (Lipinski definition) is 2. The van der Waals surface area contributed by atoms with Gasteiger partial charge < -0.3 is 20.6 Å². The number of aromatic nitrogens is 2. The van der Waals surface area contributed by atoms with Crippen molar-refractivity contribution in [3.63, 3.8) is 0 Å². The molecule has 0 unspecified atom stereocenters. The fourth-order valence-electron chi connectivity index (χ4n) is 3.79. The predicted molar refractivity (Wildman–Crippen MR) is 87.8 cm³/mol. The maximum absolute atomic E-state index is 12.1. The highest BCUT2D eigenvalue weighted by Gasteiger charge is 2.42. The van der Waals surface area contributed by atoms with E-state index in [2.05, 4.69) is 14.9 Å². The molecule has 1 aromatic rings. The summed E-state index contributed by atoms with van der Waals surface area (Å²) < 4.78 is 0. The number of nitrogens with zero attached hydrogens (tertiary/aromatic N) is 4. The summed E-state index contributed by atoms with van der Waals surface area (Å²) in [5.41, 5.74) is 5.88. The number of amides is 1. The zero-order valence-electron chi connectivity index (χ0n) is 13.4. The van der Waals surface area contributed by atoms with Gasteiger partial charge in [0.15, 0.2) is 0 Å². The highest BCUT2D eigenvalue weighted by Crippen LogP contribution is 2.39. The topological polar surface area (TPSA) is 95.6 Å². The normalized spacial score (nSPS) is 25.2. The number of nitrogens with two attached hydrogens (primary N) is 1. The number of aliphatic hydroxyl groups is 1. The molecule has 2 aliphatic heterocycles. The van der Waals surface area contributed by atoms with Crippen LogP contribution in [0.1, 0.15) is 32.1 Å². The molecule has 1 aromatic heterocycles. The molecule has 3 N–H and O–H groups in total. The van der Waals surface area contributed by atoms with Gasteiger partial charge in [-0.1, -0.05) is 0 Å². The van der Waals surface area contributed by atoms with Crippen LogP contribution in [0.25, 0.3) is 0 Å². The summed E-state index contributed by atoms with van der Waals surface area (Å²) in [5.74, 6) is 1.38. The fourth-order valence-corrected chi connectivity index (χ4v) is 3.79. The van der Waals surface area contributed by atoms with Crippen LogP contribution in [0.15, 0.2) is 12.3 Å². The van der Waals surface area contributed by atoms with E-state index in [1.165, 1.54) is 0 Å². The van der Waals surface area contributed by atoms with E-state index >= 15 is 0 Å². The van der Waals surface area contributed by atoms with Gasteiger partial charge in [0.05, 0.1) is 0 Å². The quantitative estimate of drug-likeness (QED) is 0.846. The number of carbonyl (C=O) groups is 1. The lowest BCUT2D eigenvalue weighted by Gasteiger charge is -2.48. The minimum absolute atomic E-state index is 0.107. The summed E-state index contributed by atoms with van der Waals surface area (Å²) >= 11 is 0. The van der Waals surface area contributed by atoms with Crippen molar-refractivity contribution in [2.24, 2.45) is 5.41 Å². The van der Waals surface area contributed by atoms with Crippen molar-refractivity contribution in [2.75, 3.05) is 43.4 Å². The van der Waals surface area contributed by atoms with Gasteiger partial charge in [-0.3, -0.25) is 4.79 Å². The molecule has 0 saturated carbocycles. The first-order valence-electron chi connectivity index (χ1n) is 8.34. The van der Waals surface area contributed by atoms with E-state index in [-0.39, 0.29) is 17.9 Å². The summed E-state index contributed by atoms with van der Waals surface area (Å²) in [6.07, 6.45) is 6.03. The second kappa shape index (κ2) is 6.70. The molecule has 1 amide bonds. The second-order valence-corrected chi connectivity index (χ2v) is 6.70. The molecule has 2 aliphatic rings. The average Bonchev–Trinajstić information content (AvgIpc) is 2.56. The Morgan fingerprint density at radius 2 is 2.22 bits per heavy atom. The zero-order valence-corrected chi connectivity index (χ0v) is 13.4. The molecule has 7 nitrogen and oxygen atoms in total. The molecule has 2 fully saturated rings. The Bertz CT molecular complexity index is 567. The van der Waals surface area contributed by atoms with E-state index in [4.69, 9.17) is 10.8 Å². The largest absolute Gasteiger partial charge is 0.396 e. The number of hydrogen-bond acceptors (Lipinski definition) is 6. The van der Waals surface area contributed by atoms with Crippen molar-refractivity contribution >= 4 is 17.7 Å². The highest BCUT2D eigenvalue weighted by atomic mass is 16.3. The number of aliphatic hydroxyl groups excluding tert-OH is 1. The van der Waals surface area contributed by atoms with Crippen LogP contribution in [0.2, 0.25) is 0 Å². The molecule has 3 heterocycles. The van der Waals surface area contributed by atoms with Crippen molar-refractivity contribution in [1.82, 2.24) is 14.9 Å². The summed E-state index contributed by atoms with van der Waals surface area (Å²) in [4.78, 5) is 24.9. The molecular formula is C16H25N5O2. The molecule has 0 radical (unpaired) electrons. The lowest BCUT2D eigenvalue weighted by molar-refractivity contribution is -0.138. The van der Waals surface area contributed by atoms with Gasteiger partial charge in [0.25, 0.3) is 0 Å². The monoisotopic (exact) mass is 319 g/mol. The van der Waals surface area contributed by atoms with Gasteiger partial charge in [-0.2, -0.15) is 4.98 Å². The standard InChI is InChI=1S/C16H25N5O2/c17-13-4-7-18-15(19-13)21-8-1-5-16(12-21)6-3-14(23)20(11-16)9-2-10-22/h4,7,22H,1-3,5-6,8-12H2,(H2,17,18,19)/t16-/m0/s1. The van der Waals surface area contributed by atoms with Gasteiger partial charge in [-0.15, -0.1) is 0 Å². The Morgan fingerprint density at radius 1 is 1.35 bits per heavy atom. The van der Waals surface area contributed by atoms with Crippen LogP contribution >= 0.6 is 0 Å². The van der Waals surface area contributed by atoms with Crippen LogP contribution in [0.5, 0.6) is 0 Å². The summed E-state index contributed by atoms with van der Waals surface area (Å²) in [5, 5.41) is 9.03. The number of likely N-dealkylation sites (tertiary alicyclic amines) is 1. The molecule has 23 heavy (non-hydrogen) atoms. The minimum Gasteiger partial charge on any atom is -0.396 e. The van der Waals surface area contributed by atoms with Gasteiger partial charge in [-0.25, -0.2) is 4.98 Å². The Morgan fingerprint density at radius 3 is 3.00 bits per heavy atom. The van der Waals surface area contributed by atoms with Crippen LogP contribution in [0.3, 0.4) is 0 Å². The van der Waals surface area contributed by atoms with Crippen molar-refractivity contribution in [3.05, 3.63) is 12.3 Å². The first kappa shape index (κ1) is 16.0. The molecule has 0 aromatic carbocycles. The average molecular weight is 319 g/mol. The first-order valence-corrected chi connectivity index (χ1v) is 8.34. The molecule has 126 valence electrons. The van der Waals surface area contributed by atoms with Crippen LogP contribution in [-0.2, 0) is 4.79 Å². The van der Waals surface area contributed by atoms with Crippen molar-refractivity contribution in [2.45, 2.75) is 32.1 Å². The highest BCUT2D eigenvalue weighted by molar-refractivity contribution is 5.77. The molecular weight excluding hydrogens is 294 g/mol. The van der Waals surface area contributed by atoms with Gasteiger partial charge in [0.2, 0.25) is 11.9 Å². The number of carbonyl (C=O) groups excluding carboxylic acids is 1. The Kier molecular flexibility index (Phi) is 4.66. The SMILES string of the molecule is Nc1ccnc(N2CCC[C@@]3(CCC(=O)N(CCCO)C3)C2)n1. The maximum Gasteiger partial charge on any atom is 0.227 e. The number of rotatable bonds is 4. The maximum atomic E-state index is 12.1. The van der Waals surface area contributed by atoms with Crippen LogP contribution in [0.4, 0.5) is 11.8 Å². The summed E-state index contributed by atoms with van der Waals surface area (Å²) in [6.45, 7) is 3.33. The molecule has 0 bridgehead atoms. The lowest BCUT2D eigenvalue weighted by Crippen LogP contribution is -2.54. The molecule has 3 rings (SSSR count). The summed E-state index contributed by atoms with van der Waals surface area (Å²) in [6, 6.07) is 1.69. The zero-order chi connectivity index (χ0) is 16.3. The number of piperidine rings is 2. The first-order chi connectivity index (χ1) is 11.1. The summed E-state index contributed by atoms with van der Waals surface area (Å²) in [7, 11) is 0. The number of nitrogen functional groups attached to an aromatic ring is 1.